The summed E-state index contributed by atoms with van der Waals surface area (Å²) < 4.78 is 46.7. The van der Waals surface area contributed by atoms with Gasteiger partial charge in [0.05, 0.1) is 191 Å². The molecule has 8 aromatic carbocycles. The lowest BCUT2D eigenvalue weighted by atomic mass is 10.1. The maximum absolute atomic E-state index is 9.96. The average molecular weight is 1890 g/mol. The number of hydrogen-bond acceptors (Lipinski definition) is 28. The highest BCUT2D eigenvalue weighted by atomic mass is 127. The summed E-state index contributed by atoms with van der Waals surface area (Å²) in [6.45, 7) is 15.3. The molecule has 18 rings (SSSR count). The lowest BCUT2D eigenvalue weighted by molar-refractivity contribution is 0.184. The number of fused-ring (bicyclic) bond motifs is 4. The molecule has 33 heteroatoms. The Morgan fingerprint density at radius 1 is 0.424 bits per heavy atom. The van der Waals surface area contributed by atoms with E-state index in [-0.39, 0.29) is 17.5 Å². The molecule has 4 N–H and O–H groups in total. The standard InChI is InChI=1S/C28H34N6O3.C27H31N7O2.C22H22IN5O2.C22H21N5O2/c1-19(2)29-8-9-33(23-11-24(35-3)14-25(12-23)36-4)21-5-6-26-27(13-21)32-28(16-30-26)20-15-31-34(17-20)22-7-10-37-18-22;1-19(2)29-9-11-34(22-12-23(35-3)15-24(13-22)36-4)21-6-7-25-26(14-21)32-27(17-30-25)20-16-31-33(18-20)10-5-8-28;1-27-14-15(12-25-27)22-13-24-20-5-4-16(10-21(20)26-22)28(7-6-23)17-8-18(29-2)11-19(9-17)30-3;1-26-13-15(10-24-26)22-11-23-20-5-4-16(8-21(20)25-22)27(12-14-2-3-14)17-6-18(28)9-19(29)7-17/h5-6,11-17,19,22,29H,7-10,18H2,1-4H3;6-7,12-19,29H,5,9-11H2,1-4H3;4-5,8-14H,6-7H2,1-3H3;4-11,13-14,28-29H,2-3,12H2,1H3. The summed E-state index contributed by atoms with van der Waals surface area (Å²) in [6.07, 6.45) is 25.8. The van der Waals surface area contributed by atoms with Gasteiger partial charge in [0, 0.05) is 242 Å². The van der Waals surface area contributed by atoms with Gasteiger partial charge in [-0.3, -0.25) is 38.7 Å². The topological polar surface area (TPSA) is 340 Å². The number of hydrogen-bond donors (Lipinski definition) is 4. The summed E-state index contributed by atoms with van der Waals surface area (Å²) in [5, 5.41) is 53.1. The summed E-state index contributed by atoms with van der Waals surface area (Å²) in [6, 6.07) is 49.9. The molecule has 0 bridgehead atoms. The molecule has 1 atom stereocenters. The fraction of sp³-hybridized carbons (Fsp3) is 0.303. The first kappa shape index (κ1) is 92.4. The SMILES string of the molecule is COc1cc(OC)cc(N(CCI)c2ccc3ncc(-c4cnn(C)c4)nc3c2)c1.COc1cc(OC)cc(N(CCNC(C)C)c2ccc3ncc(-c4cnn(C5CCOC5)c4)nc3c2)c1.COc1cc(OC)cc(N(CCNC(C)C)c2ccc3ncc(-c4cnn(CCC#N)c4)nc3c2)c1.Cn1cc(-c2cnc3ccc(N(CC4CC4)c4cc(O)cc(O)c4)cc3n2)cn1. The molecule has 1 aliphatic carbocycles. The van der Waals surface area contributed by atoms with Crippen LogP contribution in [0.2, 0.25) is 0 Å². The van der Waals surface area contributed by atoms with Crippen LogP contribution in [0.1, 0.15) is 59.4 Å². The van der Waals surface area contributed by atoms with Crippen LogP contribution in [-0.4, -0.2) is 201 Å². The number of benzene rings is 8. The van der Waals surface area contributed by atoms with Crippen LogP contribution in [0.3, 0.4) is 0 Å². The van der Waals surface area contributed by atoms with Crippen LogP contribution >= 0.6 is 22.6 Å². The van der Waals surface area contributed by atoms with Crippen molar-refractivity contribution in [3.05, 3.63) is 220 Å². The Labute approximate surface area is 779 Å². The monoisotopic (exact) mass is 1890 g/mol. The van der Waals surface area contributed by atoms with Crippen molar-refractivity contribution in [2.75, 3.05) is 119 Å². The van der Waals surface area contributed by atoms with E-state index in [4.69, 9.17) is 58.4 Å². The van der Waals surface area contributed by atoms with E-state index in [2.05, 4.69) is 157 Å². The maximum atomic E-state index is 9.96. The number of alkyl halides is 1. The number of nitrogens with one attached hydrogen (secondary N) is 2. The minimum Gasteiger partial charge on any atom is -0.508 e. The Kier molecular flexibility index (Phi) is 30.4. The first-order chi connectivity index (χ1) is 64.2. The zero-order chi connectivity index (χ0) is 92.3. The van der Waals surface area contributed by atoms with Crippen molar-refractivity contribution < 1.29 is 43.4 Å². The lowest BCUT2D eigenvalue weighted by Crippen LogP contribution is -2.32. The van der Waals surface area contributed by atoms with Gasteiger partial charge in [-0.2, -0.15) is 25.7 Å². The molecule has 0 spiro atoms. The van der Waals surface area contributed by atoms with E-state index in [1.165, 1.54) is 18.9 Å². The lowest BCUT2D eigenvalue weighted by Gasteiger charge is -2.27. The van der Waals surface area contributed by atoms with Crippen molar-refractivity contribution in [3.8, 4) is 97.1 Å². The summed E-state index contributed by atoms with van der Waals surface area (Å²) in [5.41, 5.74) is 21.0. The zero-order valence-electron chi connectivity index (χ0n) is 76.0. The van der Waals surface area contributed by atoms with Gasteiger partial charge in [-0.05, 0) is 98.0 Å². The number of phenols is 2. The Balaban J connectivity index is 0.000000135. The van der Waals surface area contributed by atoms with Crippen LogP contribution in [0.5, 0.6) is 46.0 Å². The number of nitrogens with zero attached hydrogens (tertiary/aromatic N) is 21. The minimum absolute atomic E-state index is 0.0419. The molecule has 1 aliphatic heterocycles. The second-order valence-electron chi connectivity index (χ2n) is 32.5. The van der Waals surface area contributed by atoms with Gasteiger partial charge in [0.2, 0.25) is 0 Å². The number of nitriles is 1. The van der Waals surface area contributed by atoms with Crippen molar-refractivity contribution >= 4 is 112 Å². The van der Waals surface area contributed by atoms with Crippen molar-refractivity contribution in [2.45, 2.75) is 78.0 Å². The molecule has 8 aromatic heterocycles. The summed E-state index contributed by atoms with van der Waals surface area (Å²) >= 11 is 2.38. The third-order valence-corrected chi connectivity index (χ3v) is 22.8. The number of phenolic OH excluding ortho intramolecular Hbond substituents is 2. The first-order valence-corrected chi connectivity index (χ1v) is 45.2. The van der Waals surface area contributed by atoms with Gasteiger partial charge in [0.25, 0.3) is 0 Å². The van der Waals surface area contributed by atoms with Crippen molar-refractivity contribution in [1.29, 1.82) is 5.26 Å². The van der Waals surface area contributed by atoms with Gasteiger partial charge in [-0.25, -0.2) is 19.9 Å². The number of aromatic hydroxyl groups is 2. The number of anilines is 8. The smallest absolute Gasteiger partial charge is 0.124 e. The van der Waals surface area contributed by atoms with Gasteiger partial charge in [-0.15, -0.1) is 0 Å². The third-order valence-electron chi connectivity index (χ3n) is 22.3. The summed E-state index contributed by atoms with van der Waals surface area (Å²) in [5.74, 6) is 5.13. The van der Waals surface area contributed by atoms with E-state index in [1.54, 1.807) is 106 Å². The van der Waals surface area contributed by atoms with Crippen molar-refractivity contribution in [1.82, 2.24) is 89.6 Å². The van der Waals surface area contributed by atoms with E-state index in [9.17, 15) is 10.2 Å². The van der Waals surface area contributed by atoms with Crippen LogP contribution in [0.4, 0.5) is 45.5 Å². The molecule has 2 aliphatic rings. The van der Waals surface area contributed by atoms with Crippen molar-refractivity contribution in [3.63, 3.8) is 0 Å². The molecular weight excluding hydrogens is 1780 g/mol. The fourth-order valence-electron chi connectivity index (χ4n) is 15.3. The van der Waals surface area contributed by atoms with E-state index >= 15 is 0 Å². The molecule has 1 unspecified atom stereocenters. The molecule has 1 saturated heterocycles. The Hall–Kier alpha value is -14.3. The average Bonchev–Trinajstić information content (AvgIpc) is 1.19. The molecule has 16 aromatic rings. The number of aryl methyl sites for hydroxylation is 3. The van der Waals surface area contributed by atoms with E-state index in [0.29, 0.717) is 37.6 Å². The fourth-order valence-corrected chi connectivity index (χ4v) is 15.7. The van der Waals surface area contributed by atoms with Gasteiger partial charge < -0.3 is 73.6 Å². The van der Waals surface area contributed by atoms with Gasteiger partial charge >= 0.3 is 0 Å². The van der Waals surface area contributed by atoms with Crippen LogP contribution < -0.4 is 58.7 Å². The minimum atomic E-state index is 0.0419. The number of ether oxygens (including phenoxy) is 7. The van der Waals surface area contributed by atoms with Crippen LogP contribution in [0, 0.1) is 17.2 Å². The Morgan fingerprint density at radius 2 is 0.788 bits per heavy atom. The number of rotatable bonds is 33. The highest BCUT2D eigenvalue weighted by Crippen LogP contribution is 2.42. The normalized spacial score (nSPS) is 12.8. The van der Waals surface area contributed by atoms with Crippen LogP contribution in [-0.2, 0) is 25.4 Å². The summed E-state index contributed by atoms with van der Waals surface area (Å²) in [7, 11) is 13.7. The van der Waals surface area contributed by atoms with E-state index < -0.39 is 0 Å². The molecule has 9 heterocycles. The second-order valence-corrected chi connectivity index (χ2v) is 33.6. The molecule has 680 valence electrons. The zero-order valence-corrected chi connectivity index (χ0v) is 78.2. The molecule has 0 radical (unpaired) electrons. The molecule has 2 fully saturated rings. The van der Waals surface area contributed by atoms with Gasteiger partial charge in [0.15, 0.2) is 0 Å². The second kappa shape index (κ2) is 43.4. The largest absolute Gasteiger partial charge is 0.508 e. The first-order valence-electron chi connectivity index (χ1n) is 43.6. The summed E-state index contributed by atoms with van der Waals surface area (Å²) in [4.78, 5) is 46.7. The molecule has 1 saturated carbocycles. The maximum Gasteiger partial charge on any atom is 0.124 e. The van der Waals surface area contributed by atoms with Crippen LogP contribution in [0.15, 0.2) is 220 Å². The van der Waals surface area contributed by atoms with Gasteiger partial charge in [-0.1, -0.05) is 50.3 Å². The quantitative estimate of drug-likeness (QED) is 0.0219. The molecule has 0 amide bonds. The van der Waals surface area contributed by atoms with E-state index in [1.807, 2.05) is 153 Å². The third kappa shape index (κ3) is 23.4. The highest BCUT2D eigenvalue weighted by Gasteiger charge is 2.28. The molecular formula is C99H108IN23O9. The van der Waals surface area contributed by atoms with Gasteiger partial charge in [0.1, 0.15) is 46.0 Å². The molecule has 32 nitrogen and oxygen atoms in total. The Bertz CT molecular complexity index is 6580. The predicted octanol–water partition coefficient (Wildman–Crippen LogP) is 17.8. The van der Waals surface area contributed by atoms with E-state index in [0.717, 1.165) is 226 Å². The van der Waals surface area contributed by atoms with Crippen molar-refractivity contribution in [2.24, 2.45) is 20.0 Å². The van der Waals surface area contributed by atoms with Crippen LogP contribution in [0.25, 0.3) is 89.2 Å². The Morgan fingerprint density at radius 3 is 1.14 bits per heavy atom. The number of aromatic nitrogens is 16. The number of halogens is 1. The molecule has 132 heavy (non-hydrogen) atoms. The predicted molar refractivity (Wildman–Crippen MR) is 524 cm³/mol. The highest BCUT2D eigenvalue weighted by molar-refractivity contribution is 14.1. The number of methoxy groups -OCH3 is 6.